The van der Waals surface area contributed by atoms with Crippen molar-refractivity contribution in [2.45, 2.75) is 0 Å². The van der Waals surface area contributed by atoms with Gasteiger partial charge >= 0.3 is 7.12 Å². The lowest BCUT2D eigenvalue weighted by Gasteiger charge is -1.98. The Bertz CT molecular complexity index is 455. The number of hydrogen-bond acceptors (Lipinski definition) is 6. The molecule has 7 nitrogen and oxygen atoms in total. The van der Waals surface area contributed by atoms with Gasteiger partial charge in [-0.25, -0.2) is 0 Å². The second-order valence-corrected chi connectivity index (χ2v) is 2.95. The van der Waals surface area contributed by atoms with E-state index in [1.54, 1.807) is 19.2 Å². The smallest absolute Gasteiger partial charge is 0.423 e. The highest BCUT2D eigenvalue weighted by Crippen LogP contribution is 2.06. The highest BCUT2D eigenvalue weighted by Gasteiger charge is 2.12. The highest BCUT2D eigenvalue weighted by atomic mass is 16.4. The zero-order valence-corrected chi connectivity index (χ0v) is 7.94. The van der Waals surface area contributed by atoms with E-state index in [-0.39, 0.29) is 0 Å². The van der Waals surface area contributed by atoms with E-state index >= 15 is 0 Å². The van der Waals surface area contributed by atoms with Gasteiger partial charge in [-0.2, -0.15) is 4.80 Å². The van der Waals surface area contributed by atoms with Gasteiger partial charge in [0.2, 0.25) is 5.82 Å². The second-order valence-electron chi connectivity index (χ2n) is 2.95. The van der Waals surface area contributed by atoms with Gasteiger partial charge in [-0.15, -0.1) is 10.2 Å². The van der Waals surface area contributed by atoms with Crippen LogP contribution in [0.15, 0.2) is 18.3 Å². The summed E-state index contributed by atoms with van der Waals surface area (Å²) >= 11 is 0. The first-order valence-corrected chi connectivity index (χ1v) is 4.23. The third-order valence-corrected chi connectivity index (χ3v) is 1.82. The van der Waals surface area contributed by atoms with Gasteiger partial charge in [-0.05, 0) is 11.3 Å². The number of nitrogens with zero attached hydrogens (tertiary/aromatic N) is 5. The molecule has 0 bridgehead atoms. The fraction of sp³-hybridized carbons (Fsp3) is 0.143. The summed E-state index contributed by atoms with van der Waals surface area (Å²) in [6, 6.07) is 3.15. The molecule has 2 N–H and O–H groups in total. The molecule has 0 radical (unpaired) electrons. The van der Waals surface area contributed by atoms with Crippen LogP contribution < -0.4 is 5.46 Å². The maximum Gasteiger partial charge on any atom is 0.490 e. The topological polar surface area (TPSA) is 97.0 Å². The first kappa shape index (κ1) is 9.75. The van der Waals surface area contributed by atoms with E-state index in [0.717, 1.165) is 0 Å². The fourth-order valence-electron chi connectivity index (χ4n) is 1.08. The number of rotatable bonds is 2. The zero-order valence-electron chi connectivity index (χ0n) is 7.94. The predicted octanol–water partition coefficient (Wildman–Crippen LogP) is -2.05. The first-order valence-electron chi connectivity index (χ1n) is 4.23. The predicted molar refractivity (Wildman–Crippen MR) is 51.9 cm³/mol. The maximum atomic E-state index is 8.86. The molecular weight excluding hydrogens is 197 g/mol. The number of aromatic nitrogens is 5. The van der Waals surface area contributed by atoms with E-state index < -0.39 is 7.12 Å². The van der Waals surface area contributed by atoms with Gasteiger partial charge in [0, 0.05) is 11.7 Å². The summed E-state index contributed by atoms with van der Waals surface area (Å²) in [6.45, 7) is 0. The van der Waals surface area contributed by atoms with E-state index in [4.69, 9.17) is 10.0 Å². The van der Waals surface area contributed by atoms with Gasteiger partial charge in [-0.1, -0.05) is 6.07 Å². The molecule has 8 heteroatoms. The Balaban J connectivity index is 2.31. The summed E-state index contributed by atoms with van der Waals surface area (Å²) in [4.78, 5) is 5.31. The summed E-state index contributed by atoms with van der Waals surface area (Å²) in [5, 5.41) is 29.1. The third kappa shape index (κ3) is 2.00. The Kier molecular flexibility index (Phi) is 2.44. The summed E-state index contributed by atoms with van der Waals surface area (Å²) in [7, 11) is 0.142. The van der Waals surface area contributed by atoms with Crippen LogP contribution in [0, 0.1) is 0 Å². The van der Waals surface area contributed by atoms with Gasteiger partial charge in [0.1, 0.15) is 5.69 Å². The lowest BCUT2D eigenvalue weighted by atomic mass is 9.82. The molecule has 2 aromatic heterocycles. The van der Waals surface area contributed by atoms with Gasteiger partial charge in [0.15, 0.2) is 0 Å². The normalized spacial score (nSPS) is 10.3. The average Bonchev–Trinajstić information content (AvgIpc) is 2.65. The molecule has 0 aliphatic heterocycles. The van der Waals surface area contributed by atoms with Crippen LogP contribution in [0.2, 0.25) is 0 Å². The molecule has 0 atom stereocenters. The Morgan fingerprint density at radius 1 is 1.33 bits per heavy atom. The second kappa shape index (κ2) is 3.75. The quantitative estimate of drug-likeness (QED) is 0.547. The number of aryl methyl sites for hydroxylation is 1. The van der Waals surface area contributed by atoms with Crippen molar-refractivity contribution in [3.8, 4) is 11.5 Å². The fourth-order valence-corrected chi connectivity index (χ4v) is 1.08. The molecule has 0 aromatic carbocycles. The number of pyridine rings is 1. The van der Waals surface area contributed by atoms with Crippen molar-refractivity contribution in [3.63, 3.8) is 0 Å². The Morgan fingerprint density at radius 3 is 2.60 bits per heavy atom. The lowest BCUT2D eigenvalue weighted by Crippen LogP contribution is -2.29. The average molecular weight is 205 g/mol. The lowest BCUT2D eigenvalue weighted by molar-refractivity contribution is 0.425. The molecule has 76 valence electrons. The summed E-state index contributed by atoms with van der Waals surface area (Å²) in [5.74, 6) is 0.400. The molecular formula is C7H8BN5O2. The molecule has 0 amide bonds. The largest absolute Gasteiger partial charge is 0.490 e. The monoisotopic (exact) mass is 205 g/mol. The van der Waals surface area contributed by atoms with Crippen LogP contribution in [0.4, 0.5) is 0 Å². The van der Waals surface area contributed by atoms with Crippen molar-refractivity contribution in [2.24, 2.45) is 7.05 Å². The molecule has 2 heterocycles. The van der Waals surface area contributed by atoms with E-state index in [2.05, 4.69) is 20.4 Å². The molecule has 0 aliphatic rings. The summed E-state index contributed by atoms with van der Waals surface area (Å²) < 4.78 is 0. The van der Waals surface area contributed by atoms with Crippen molar-refractivity contribution in [2.75, 3.05) is 0 Å². The van der Waals surface area contributed by atoms with Crippen LogP contribution >= 0.6 is 0 Å². The molecule has 2 rings (SSSR count). The standard InChI is InChI=1S/C7H8BN5O2/c1-13-11-7(10-12-13)6-3-2-5(4-9-6)8(14)15/h2-4,14-15H,1H3. The molecule has 0 saturated carbocycles. The van der Waals surface area contributed by atoms with Crippen LogP contribution in [-0.4, -0.2) is 42.4 Å². The minimum Gasteiger partial charge on any atom is -0.423 e. The van der Waals surface area contributed by atoms with Crippen LogP contribution in [0.1, 0.15) is 0 Å². The molecule has 0 aliphatic carbocycles. The van der Waals surface area contributed by atoms with Crippen LogP contribution in [0.5, 0.6) is 0 Å². The van der Waals surface area contributed by atoms with Gasteiger partial charge in [0.05, 0.1) is 7.05 Å². The number of tetrazole rings is 1. The zero-order chi connectivity index (χ0) is 10.8. The SMILES string of the molecule is Cn1nnc(-c2ccc(B(O)O)cn2)n1. The van der Waals surface area contributed by atoms with Gasteiger partial charge < -0.3 is 10.0 Å². The summed E-state index contributed by atoms with van der Waals surface area (Å²) in [6.07, 6.45) is 1.36. The van der Waals surface area contributed by atoms with Gasteiger partial charge in [0.25, 0.3) is 0 Å². The number of hydrogen-bond donors (Lipinski definition) is 2. The maximum absolute atomic E-state index is 8.86. The third-order valence-electron chi connectivity index (χ3n) is 1.82. The minimum atomic E-state index is -1.51. The molecule has 2 aromatic rings. The van der Waals surface area contributed by atoms with Crippen molar-refractivity contribution >= 4 is 12.6 Å². The van der Waals surface area contributed by atoms with Crippen molar-refractivity contribution < 1.29 is 10.0 Å². The Hall–Kier alpha value is -1.80. The van der Waals surface area contributed by atoms with Crippen LogP contribution in [0.25, 0.3) is 11.5 Å². The first-order chi connectivity index (χ1) is 7.16. The molecule has 0 spiro atoms. The molecule has 0 saturated heterocycles. The van der Waals surface area contributed by atoms with Crippen LogP contribution in [0.3, 0.4) is 0 Å². The van der Waals surface area contributed by atoms with Crippen molar-refractivity contribution in [1.82, 2.24) is 25.2 Å². The van der Waals surface area contributed by atoms with Crippen molar-refractivity contribution in [3.05, 3.63) is 18.3 Å². The minimum absolute atomic E-state index is 0.322. The van der Waals surface area contributed by atoms with Crippen LogP contribution in [-0.2, 0) is 7.05 Å². The van der Waals surface area contributed by atoms with Crippen molar-refractivity contribution in [1.29, 1.82) is 0 Å². The molecule has 15 heavy (non-hydrogen) atoms. The molecule has 0 fully saturated rings. The van der Waals surface area contributed by atoms with E-state index in [9.17, 15) is 0 Å². The van der Waals surface area contributed by atoms with Gasteiger partial charge in [-0.3, -0.25) is 4.98 Å². The highest BCUT2D eigenvalue weighted by molar-refractivity contribution is 6.58. The van der Waals surface area contributed by atoms with E-state index in [0.29, 0.717) is 17.0 Å². The Labute approximate surface area is 85.5 Å². The van der Waals surface area contributed by atoms with E-state index in [1.807, 2.05) is 0 Å². The van der Waals surface area contributed by atoms with E-state index in [1.165, 1.54) is 11.0 Å². The Morgan fingerprint density at radius 2 is 2.13 bits per heavy atom. The molecule has 0 unspecified atom stereocenters. The summed E-state index contributed by atoms with van der Waals surface area (Å²) in [5.41, 5.74) is 0.857.